The van der Waals surface area contributed by atoms with Crippen molar-refractivity contribution in [3.8, 4) is 0 Å². The van der Waals surface area contributed by atoms with Gasteiger partial charge in [0.2, 0.25) is 5.91 Å². The third kappa shape index (κ3) is 6.08. The number of amides is 1. The largest absolute Gasteiger partial charge is 0.464 e. The predicted octanol–water partition coefficient (Wildman–Crippen LogP) is 2.48. The summed E-state index contributed by atoms with van der Waals surface area (Å²) in [6.07, 6.45) is 0.141. The number of ether oxygens (including phenoxy) is 1. The van der Waals surface area contributed by atoms with E-state index in [0.29, 0.717) is 5.56 Å². The first-order chi connectivity index (χ1) is 9.93. The molecular formula is C15H18BrNO4. The number of esters is 1. The van der Waals surface area contributed by atoms with Gasteiger partial charge in [0.1, 0.15) is 6.04 Å². The lowest BCUT2D eigenvalue weighted by Crippen LogP contribution is -2.39. The Kier molecular flexibility index (Phi) is 7.08. The minimum atomic E-state index is -0.708. The van der Waals surface area contributed by atoms with E-state index in [2.05, 4.69) is 21.2 Å². The van der Waals surface area contributed by atoms with Gasteiger partial charge in [-0.15, -0.1) is 0 Å². The van der Waals surface area contributed by atoms with E-state index in [0.717, 1.165) is 4.47 Å². The van der Waals surface area contributed by atoms with Gasteiger partial charge in [0, 0.05) is 22.9 Å². The van der Waals surface area contributed by atoms with Gasteiger partial charge in [0.15, 0.2) is 5.78 Å². The van der Waals surface area contributed by atoms with Gasteiger partial charge in [-0.3, -0.25) is 9.59 Å². The first-order valence-corrected chi connectivity index (χ1v) is 7.48. The van der Waals surface area contributed by atoms with Crippen LogP contribution < -0.4 is 5.32 Å². The molecule has 0 aliphatic heterocycles. The number of ketones is 1. The minimum absolute atomic E-state index is 0.0403. The number of hydrogen-bond acceptors (Lipinski definition) is 4. The van der Waals surface area contributed by atoms with Crippen molar-refractivity contribution >= 4 is 33.6 Å². The van der Waals surface area contributed by atoms with Gasteiger partial charge in [-0.05, 0) is 26.0 Å². The summed E-state index contributed by atoms with van der Waals surface area (Å²) in [5.74, 6) is -0.937. The molecule has 5 nitrogen and oxygen atoms in total. The Hall–Kier alpha value is -1.69. The first-order valence-electron chi connectivity index (χ1n) is 6.68. The second-order valence-electron chi connectivity index (χ2n) is 4.47. The fourth-order valence-corrected chi connectivity index (χ4v) is 1.91. The standard InChI is InChI=1S/C15H18BrNO4/c1-3-21-15(20)10(2)17-14(19)9-8-13(18)11-4-6-12(16)7-5-11/h4-7,10H,3,8-9H2,1-2H3,(H,17,19). The van der Waals surface area contributed by atoms with E-state index in [1.807, 2.05) is 0 Å². The maximum Gasteiger partial charge on any atom is 0.328 e. The number of nitrogens with one attached hydrogen (secondary N) is 1. The molecule has 0 heterocycles. The van der Waals surface area contributed by atoms with E-state index in [9.17, 15) is 14.4 Å². The van der Waals surface area contributed by atoms with E-state index in [4.69, 9.17) is 4.74 Å². The van der Waals surface area contributed by atoms with Crippen molar-refractivity contribution in [2.75, 3.05) is 6.61 Å². The SMILES string of the molecule is CCOC(=O)C(C)NC(=O)CCC(=O)c1ccc(Br)cc1. The quantitative estimate of drug-likeness (QED) is 0.602. The second kappa shape index (κ2) is 8.56. The van der Waals surface area contributed by atoms with E-state index < -0.39 is 12.0 Å². The number of carbonyl (C=O) groups is 3. The normalized spacial score (nSPS) is 11.6. The van der Waals surface area contributed by atoms with Crippen LogP contribution in [0.5, 0.6) is 0 Å². The van der Waals surface area contributed by atoms with Crippen LogP contribution in [0.3, 0.4) is 0 Å². The zero-order valence-electron chi connectivity index (χ0n) is 12.0. The van der Waals surface area contributed by atoms with Gasteiger partial charge in [-0.25, -0.2) is 4.79 Å². The van der Waals surface area contributed by atoms with Crippen molar-refractivity contribution in [2.24, 2.45) is 0 Å². The van der Waals surface area contributed by atoms with Crippen LogP contribution >= 0.6 is 15.9 Å². The van der Waals surface area contributed by atoms with Crippen LogP contribution in [0.15, 0.2) is 28.7 Å². The van der Waals surface area contributed by atoms with Crippen molar-refractivity contribution in [3.63, 3.8) is 0 Å². The van der Waals surface area contributed by atoms with Gasteiger partial charge >= 0.3 is 5.97 Å². The molecule has 0 bridgehead atoms. The molecule has 1 atom stereocenters. The summed E-state index contributed by atoms with van der Waals surface area (Å²) in [6.45, 7) is 3.51. The average Bonchev–Trinajstić information content (AvgIpc) is 2.45. The summed E-state index contributed by atoms with van der Waals surface area (Å²) in [4.78, 5) is 34.9. The molecule has 21 heavy (non-hydrogen) atoms. The highest BCUT2D eigenvalue weighted by atomic mass is 79.9. The van der Waals surface area contributed by atoms with Crippen molar-refractivity contribution in [3.05, 3.63) is 34.3 Å². The first kappa shape index (κ1) is 17.4. The van der Waals surface area contributed by atoms with Gasteiger partial charge in [0.05, 0.1) is 6.61 Å². The number of Topliss-reactive ketones (excluding diaryl/α,β-unsaturated/α-hetero) is 1. The molecular weight excluding hydrogens is 338 g/mol. The number of rotatable bonds is 7. The Morgan fingerprint density at radius 1 is 1.19 bits per heavy atom. The Morgan fingerprint density at radius 3 is 2.38 bits per heavy atom. The Balaban J connectivity index is 2.40. The Morgan fingerprint density at radius 2 is 1.81 bits per heavy atom. The number of hydrogen-bond donors (Lipinski definition) is 1. The van der Waals surface area contributed by atoms with Crippen molar-refractivity contribution in [1.29, 1.82) is 0 Å². The molecule has 1 N–H and O–H groups in total. The molecule has 0 fully saturated rings. The molecule has 0 saturated carbocycles. The zero-order chi connectivity index (χ0) is 15.8. The van der Waals surface area contributed by atoms with E-state index in [1.54, 1.807) is 38.1 Å². The minimum Gasteiger partial charge on any atom is -0.464 e. The Bertz CT molecular complexity index is 513. The fourth-order valence-electron chi connectivity index (χ4n) is 1.65. The van der Waals surface area contributed by atoms with Crippen LogP contribution in [0.25, 0.3) is 0 Å². The summed E-state index contributed by atoms with van der Waals surface area (Å²) in [7, 11) is 0. The van der Waals surface area contributed by atoms with Crippen LogP contribution in [0.1, 0.15) is 37.0 Å². The lowest BCUT2D eigenvalue weighted by Gasteiger charge is -2.12. The van der Waals surface area contributed by atoms with Crippen LogP contribution in [-0.4, -0.2) is 30.3 Å². The highest BCUT2D eigenvalue weighted by Gasteiger charge is 2.17. The molecule has 1 rings (SSSR count). The van der Waals surface area contributed by atoms with Crippen LogP contribution in [-0.2, 0) is 14.3 Å². The molecule has 0 radical (unpaired) electrons. The van der Waals surface area contributed by atoms with E-state index in [-0.39, 0.29) is 31.1 Å². The molecule has 1 unspecified atom stereocenters. The fraction of sp³-hybridized carbons (Fsp3) is 0.400. The Labute approximate surface area is 132 Å². The van der Waals surface area contributed by atoms with Gasteiger partial charge in [0.25, 0.3) is 0 Å². The van der Waals surface area contributed by atoms with Gasteiger partial charge in [-0.1, -0.05) is 28.1 Å². The molecule has 114 valence electrons. The molecule has 1 amide bonds. The summed E-state index contributed by atoms with van der Waals surface area (Å²) in [5, 5.41) is 2.51. The molecule has 0 aliphatic rings. The molecule has 0 aliphatic carbocycles. The third-order valence-electron chi connectivity index (χ3n) is 2.76. The van der Waals surface area contributed by atoms with Crippen LogP contribution in [0.2, 0.25) is 0 Å². The summed E-state index contributed by atoms with van der Waals surface area (Å²) in [5.41, 5.74) is 0.560. The number of benzene rings is 1. The number of halogens is 1. The van der Waals surface area contributed by atoms with Gasteiger partial charge in [-0.2, -0.15) is 0 Å². The molecule has 1 aromatic rings. The summed E-state index contributed by atoms with van der Waals surface area (Å²) in [6, 6.07) is 6.24. The topological polar surface area (TPSA) is 72.5 Å². The lowest BCUT2D eigenvalue weighted by atomic mass is 10.1. The van der Waals surface area contributed by atoms with E-state index >= 15 is 0 Å². The molecule has 1 aromatic carbocycles. The van der Waals surface area contributed by atoms with Crippen LogP contribution in [0, 0.1) is 0 Å². The number of carbonyl (C=O) groups excluding carboxylic acids is 3. The van der Waals surface area contributed by atoms with Crippen molar-refractivity contribution in [2.45, 2.75) is 32.7 Å². The highest BCUT2D eigenvalue weighted by Crippen LogP contribution is 2.12. The third-order valence-corrected chi connectivity index (χ3v) is 3.29. The molecule has 0 saturated heterocycles. The smallest absolute Gasteiger partial charge is 0.328 e. The lowest BCUT2D eigenvalue weighted by molar-refractivity contribution is -0.146. The average molecular weight is 356 g/mol. The highest BCUT2D eigenvalue weighted by molar-refractivity contribution is 9.10. The molecule has 0 aromatic heterocycles. The van der Waals surface area contributed by atoms with Gasteiger partial charge < -0.3 is 10.1 Å². The van der Waals surface area contributed by atoms with Crippen LogP contribution in [0.4, 0.5) is 0 Å². The second-order valence-corrected chi connectivity index (χ2v) is 5.39. The maximum atomic E-state index is 11.9. The molecule has 6 heteroatoms. The van der Waals surface area contributed by atoms with E-state index in [1.165, 1.54) is 0 Å². The van der Waals surface area contributed by atoms with Crippen molar-refractivity contribution < 1.29 is 19.1 Å². The zero-order valence-corrected chi connectivity index (χ0v) is 13.6. The monoisotopic (exact) mass is 355 g/mol. The molecule has 0 spiro atoms. The maximum absolute atomic E-state index is 11.9. The van der Waals surface area contributed by atoms with Crippen molar-refractivity contribution in [1.82, 2.24) is 5.32 Å². The summed E-state index contributed by atoms with van der Waals surface area (Å²) >= 11 is 3.29. The predicted molar refractivity (Wildman–Crippen MR) is 81.9 cm³/mol. The summed E-state index contributed by atoms with van der Waals surface area (Å²) < 4.78 is 5.67.